The lowest BCUT2D eigenvalue weighted by Crippen LogP contribution is -2.33. The van der Waals surface area contributed by atoms with Gasteiger partial charge in [-0.3, -0.25) is 0 Å². The molecule has 0 radical (unpaired) electrons. The Kier molecular flexibility index (Phi) is 3.55. The van der Waals surface area contributed by atoms with Crippen molar-refractivity contribution in [3.63, 3.8) is 0 Å². The molecule has 0 aliphatic rings. The summed E-state index contributed by atoms with van der Waals surface area (Å²) in [6.07, 6.45) is -4.21. The van der Waals surface area contributed by atoms with Crippen LogP contribution >= 0.6 is 11.3 Å². The first-order valence-corrected chi connectivity index (χ1v) is 5.13. The molecule has 0 spiro atoms. The maximum atomic E-state index is 12.5. The lowest BCUT2D eigenvalue weighted by atomic mass is 10.2. The fraction of sp³-hybridized carbons (Fsp3) is 0.556. The molecule has 1 heterocycles. The molecule has 1 N–H and O–H groups in total. The monoisotopic (exact) mass is 223 g/mol. The van der Waals surface area contributed by atoms with Crippen LogP contribution in [0.15, 0.2) is 12.1 Å². The molecule has 5 heteroatoms. The zero-order valence-corrected chi connectivity index (χ0v) is 8.80. The van der Waals surface area contributed by atoms with Gasteiger partial charge in [-0.15, -0.1) is 11.3 Å². The average molecular weight is 223 g/mol. The Morgan fingerprint density at radius 3 is 2.43 bits per heavy atom. The van der Waals surface area contributed by atoms with E-state index in [1.165, 1.54) is 17.4 Å². The number of alkyl halides is 3. The molecule has 1 rings (SSSR count). The number of aryl methyl sites for hydroxylation is 1. The standard InChI is InChI=1S/C9H12F3NS/c1-3-13-8(9(10,11)12)7-5-4-6(2)14-7/h4-5,8,13H,3H2,1-2H3. The summed E-state index contributed by atoms with van der Waals surface area (Å²) in [7, 11) is 0. The Morgan fingerprint density at radius 1 is 1.43 bits per heavy atom. The molecule has 14 heavy (non-hydrogen) atoms. The Bertz CT molecular complexity index is 292. The van der Waals surface area contributed by atoms with Crippen molar-refractivity contribution in [3.05, 3.63) is 21.9 Å². The SMILES string of the molecule is CCNC(c1ccc(C)s1)C(F)(F)F. The first-order valence-electron chi connectivity index (χ1n) is 4.31. The second kappa shape index (κ2) is 4.31. The van der Waals surface area contributed by atoms with Crippen LogP contribution in [0.5, 0.6) is 0 Å². The second-order valence-corrected chi connectivity index (χ2v) is 4.30. The Balaban J connectivity index is 2.88. The maximum Gasteiger partial charge on any atom is 0.408 e. The second-order valence-electron chi connectivity index (χ2n) is 2.98. The molecule has 1 nitrogen and oxygen atoms in total. The van der Waals surface area contributed by atoms with Gasteiger partial charge < -0.3 is 5.32 Å². The van der Waals surface area contributed by atoms with Gasteiger partial charge in [-0.05, 0) is 25.6 Å². The molecular formula is C9H12F3NS. The molecule has 0 saturated carbocycles. The Morgan fingerprint density at radius 2 is 2.07 bits per heavy atom. The third-order valence-corrected chi connectivity index (χ3v) is 2.85. The summed E-state index contributed by atoms with van der Waals surface area (Å²) in [5.41, 5.74) is 0. The molecule has 0 amide bonds. The third-order valence-electron chi connectivity index (χ3n) is 1.78. The van der Waals surface area contributed by atoms with Crippen LogP contribution in [0, 0.1) is 6.92 Å². The predicted octanol–water partition coefficient (Wildman–Crippen LogP) is 3.27. The van der Waals surface area contributed by atoms with Gasteiger partial charge in [-0.2, -0.15) is 13.2 Å². The largest absolute Gasteiger partial charge is 0.408 e. The maximum absolute atomic E-state index is 12.5. The Labute approximate surface area is 84.9 Å². The van der Waals surface area contributed by atoms with E-state index in [2.05, 4.69) is 5.32 Å². The average Bonchev–Trinajstić information content (AvgIpc) is 2.45. The van der Waals surface area contributed by atoms with E-state index in [9.17, 15) is 13.2 Å². The van der Waals surface area contributed by atoms with Gasteiger partial charge in [0.05, 0.1) is 0 Å². The molecular weight excluding hydrogens is 211 g/mol. The highest BCUT2D eigenvalue weighted by Gasteiger charge is 2.40. The van der Waals surface area contributed by atoms with Crippen LogP contribution < -0.4 is 5.32 Å². The minimum atomic E-state index is -4.21. The van der Waals surface area contributed by atoms with Crippen molar-refractivity contribution >= 4 is 11.3 Å². The van der Waals surface area contributed by atoms with Crippen molar-refractivity contribution in [2.45, 2.75) is 26.1 Å². The molecule has 0 saturated heterocycles. The van der Waals surface area contributed by atoms with Gasteiger partial charge in [-0.1, -0.05) is 6.92 Å². The summed E-state index contributed by atoms with van der Waals surface area (Å²) in [5.74, 6) is 0. The summed E-state index contributed by atoms with van der Waals surface area (Å²) >= 11 is 1.18. The van der Waals surface area contributed by atoms with Gasteiger partial charge in [0, 0.05) is 9.75 Å². The topological polar surface area (TPSA) is 12.0 Å². The van der Waals surface area contributed by atoms with Gasteiger partial charge in [0.2, 0.25) is 0 Å². The minimum absolute atomic E-state index is 0.307. The van der Waals surface area contributed by atoms with Crippen LogP contribution in [0.3, 0.4) is 0 Å². The summed E-state index contributed by atoms with van der Waals surface area (Å²) in [6, 6.07) is 1.71. The van der Waals surface area contributed by atoms with Crippen molar-refractivity contribution in [2.24, 2.45) is 0 Å². The number of rotatable bonds is 3. The molecule has 1 aromatic heterocycles. The van der Waals surface area contributed by atoms with Crippen molar-refractivity contribution in [3.8, 4) is 0 Å². The molecule has 1 aromatic rings. The summed E-state index contributed by atoms with van der Waals surface area (Å²) in [4.78, 5) is 1.23. The fourth-order valence-corrected chi connectivity index (χ4v) is 2.17. The van der Waals surface area contributed by atoms with Gasteiger partial charge in [-0.25, -0.2) is 0 Å². The molecule has 1 atom stereocenters. The zero-order chi connectivity index (χ0) is 10.8. The number of nitrogens with one attached hydrogen (secondary N) is 1. The highest BCUT2D eigenvalue weighted by Crippen LogP contribution is 2.35. The number of halogens is 3. The van der Waals surface area contributed by atoms with E-state index >= 15 is 0 Å². The first-order chi connectivity index (χ1) is 6.45. The van der Waals surface area contributed by atoms with Crippen LogP contribution in [0.1, 0.15) is 22.7 Å². The van der Waals surface area contributed by atoms with Crippen LogP contribution in [0.25, 0.3) is 0 Å². The van der Waals surface area contributed by atoms with Crippen molar-refractivity contribution in [1.82, 2.24) is 5.32 Å². The van der Waals surface area contributed by atoms with E-state index in [0.717, 1.165) is 4.88 Å². The van der Waals surface area contributed by atoms with E-state index in [4.69, 9.17) is 0 Å². The van der Waals surface area contributed by atoms with Crippen molar-refractivity contribution in [1.29, 1.82) is 0 Å². The van der Waals surface area contributed by atoms with Crippen molar-refractivity contribution < 1.29 is 13.2 Å². The van der Waals surface area contributed by atoms with Crippen LogP contribution in [0.2, 0.25) is 0 Å². The van der Waals surface area contributed by atoms with E-state index in [-0.39, 0.29) is 0 Å². The summed E-state index contributed by atoms with van der Waals surface area (Å²) in [5, 5.41) is 2.44. The number of hydrogen-bond donors (Lipinski definition) is 1. The highest BCUT2D eigenvalue weighted by atomic mass is 32.1. The normalized spacial score (nSPS) is 14.4. The van der Waals surface area contributed by atoms with Crippen molar-refractivity contribution in [2.75, 3.05) is 6.54 Å². The lowest BCUT2D eigenvalue weighted by Gasteiger charge is -2.19. The first kappa shape index (κ1) is 11.5. The van der Waals surface area contributed by atoms with Gasteiger partial charge in [0.25, 0.3) is 0 Å². The molecule has 0 fully saturated rings. The van der Waals surface area contributed by atoms with Crippen LogP contribution in [-0.4, -0.2) is 12.7 Å². The van der Waals surface area contributed by atoms with Crippen LogP contribution in [-0.2, 0) is 0 Å². The molecule has 0 aliphatic heterocycles. The number of hydrogen-bond acceptors (Lipinski definition) is 2. The molecule has 1 unspecified atom stereocenters. The Hall–Kier alpha value is -0.550. The van der Waals surface area contributed by atoms with Crippen LogP contribution in [0.4, 0.5) is 13.2 Å². The highest BCUT2D eigenvalue weighted by molar-refractivity contribution is 7.12. The third kappa shape index (κ3) is 2.72. The minimum Gasteiger partial charge on any atom is -0.302 e. The fourth-order valence-electron chi connectivity index (χ4n) is 1.19. The number of thiophene rings is 1. The van der Waals surface area contributed by atoms with E-state index in [0.29, 0.717) is 11.4 Å². The lowest BCUT2D eigenvalue weighted by molar-refractivity contribution is -0.156. The smallest absolute Gasteiger partial charge is 0.302 e. The summed E-state index contributed by atoms with van der Waals surface area (Å²) in [6.45, 7) is 3.77. The zero-order valence-electron chi connectivity index (χ0n) is 7.98. The van der Waals surface area contributed by atoms with Gasteiger partial charge in [0.1, 0.15) is 6.04 Å². The van der Waals surface area contributed by atoms with E-state index < -0.39 is 12.2 Å². The molecule has 0 aliphatic carbocycles. The van der Waals surface area contributed by atoms with E-state index in [1.54, 1.807) is 19.9 Å². The van der Waals surface area contributed by atoms with Gasteiger partial charge >= 0.3 is 6.18 Å². The predicted molar refractivity (Wildman–Crippen MR) is 51.5 cm³/mol. The van der Waals surface area contributed by atoms with E-state index in [1.807, 2.05) is 0 Å². The molecule has 0 bridgehead atoms. The molecule has 0 aromatic carbocycles. The van der Waals surface area contributed by atoms with Gasteiger partial charge in [0.15, 0.2) is 0 Å². The summed E-state index contributed by atoms with van der Waals surface area (Å²) < 4.78 is 37.6. The quantitative estimate of drug-likeness (QED) is 0.829. The molecule has 80 valence electrons.